The average molecular weight is 361 g/mol. The molecule has 0 bridgehead atoms. The molecule has 0 aliphatic rings. The predicted molar refractivity (Wildman–Crippen MR) is 85.6 cm³/mol. The van der Waals surface area contributed by atoms with Crippen LogP contribution in [0.25, 0.3) is 0 Å². The summed E-state index contributed by atoms with van der Waals surface area (Å²) in [6, 6.07) is 3.76. The van der Waals surface area contributed by atoms with Gasteiger partial charge in [0.2, 0.25) is 5.91 Å². The quantitative estimate of drug-likeness (QED) is 0.473. The number of aliphatic carboxylic acids is 1. The molecule has 1 rings (SSSR count). The van der Waals surface area contributed by atoms with E-state index in [2.05, 4.69) is 10.6 Å². The molecule has 1 atom stereocenters. The molecular weight excluding hydrogens is 339 g/mol. The van der Waals surface area contributed by atoms with Crippen molar-refractivity contribution >= 4 is 11.9 Å². The molecule has 9 heteroatoms. The summed E-state index contributed by atoms with van der Waals surface area (Å²) < 4.78 is 37.9. The summed E-state index contributed by atoms with van der Waals surface area (Å²) in [5.41, 5.74) is 4.95. The summed E-state index contributed by atoms with van der Waals surface area (Å²) >= 11 is 0. The smallest absolute Gasteiger partial charge is 0.416 e. The molecule has 0 aromatic heterocycles. The van der Waals surface area contributed by atoms with E-state index in [1.165, 1.54) is 12.1 Å². The maximum atomic E-state index is 12.6. The lowest BCUT2D eigenvalue weighted by Gasteiger charge is -2.15. The van der Waals surface area contributed by atoms with Crippen LogP contribution in [-0.4, -0.2) is 36.1 Å². The highest BCUT2D eigenvalue weighted by Gasteiger charge is 2.30. The van der Waals surface area contributed by atoms with Crippen molar-refractivity contribution in [2.24, 2.45) is 5.73 Å². The van der Waals surface area contributed by atoms with Gasteiger partial charge in [-0.15, -0.1) is 0 Å². The third kappa shape index (κ3) is 7.99. The van der Waals surface area contributed by atoms with Crippen LogP contribution in [0, 0.1) is 0 Å². The van der Waals surface area contributed by atoms with Gasteiger partial charge in [-0.05, 0) is 37.4 Å². The van der Waals surface area contributed by atoms with Gasteiger partial charge in [-0.2, -0.15) is 13.2 Å². The summed E-state index contributed by atoms with van der Waals surface area (Å²) in [4.78, 5) is 22.8. The Kier molecular flexibility index (Phi) is 8.36. The van der Waals surface area contributed by atoms with Crippen LogP contribution in [0.3, 0.4) is 0 Å². The van der Waals surface area contributed by atoms with Gasteiger partial charge in [0, 0.05) is 6.54 Å². The largest absolute Gasteiger partial charge is 0.480 e. The van der Waals surface area contributed by atoms with Gasteiger partial charge in [0.1, 0.15) is 6.04 Å². The number of halogens is 3. The van der Waals surface area contributed by atoms with Crippen LogP contribution in [0.15, 0.2) is 24.3 Å². The fourth-order valence-electron chi connectivity index (χ4n) is 2.17. The number of hydrogen-bond donors (Lipinski definition) is 4. The van der Waals surface area contributed by atoms with Crippen molar-refractivity contribution in [3.05, 3.63) is 35.4 Å². The first-order valence-electron chi connectivity index (χ1n) is 7.83. The zero-order valence-electron chi connectivity index (χ0n) is 13.6. The fraction of sp³-hybridized carbons (Fsp3) is 0.500. The number of nitrogens with two attached hydrogens (primary N) is 1. The molecule has 140 valence electrons. The summed E-state index contributed by atoms with van der Waals surface area (Å²) in [5, 5.41) is 14.1. The SMILES string of the molecule is NCCCC[C@H](NC(=O)CNCc1cccc(C(F)(F)F)c1)C(=O)O. The normalized spacial score (nSPS) is 12.6. The molecule has 0 aliphatic carbocycles. The summed E-state index contributed by atoms with van der Waals surface area (Å²) in [6.45, 7) is 0.304. The minimum absolute atomic E-state index is 0.0578. The van der Waals surface area contributed by atoms with Gasteiger partial charge >= 0.3 is 12.1 Å². The van der Waals surface area contributed by atoms with Gasteiger partial charge in [0.15, 0.2) is 0 Å². The molecule has 0 heterocycles. The second-order valence-corrected chi connectivity index (χ2v) is 5.54. The number of unbranched alkanes of at least 4 members (excludes halogenated alkanes) is 1. The molecule has 1 aromatic carbocycles. The maximum absolute atomic E-state index is 12.6. The summed E-state index contributed by atoms with van der Waals surface area (Å²) in [6.07, 6.45) is -2.92. The Morgan fingerprint density at radius 1 is 1.24 bits per heavy atom. The van der Waals surface area contributed by atoms with E-state index in [0.717, 1.165) is 12.1 Å². The van der Waals surface area contributed by atoms with Crippen LogP contribution < -0.4 is 16.4 Å². The zero-order valence-corrected chi connectivity index (χ0v) is 13.6. The highest BCUT2D eigenvalue weighted by Crippen LogP contribution is 2.29. The molecule has 0 saturated carbocycles. The van der Waals surface area contributed by atoms with Crippen LogP contribution in [0.1, 0.15) is 30.4 Å². The van der Waals surface area contributed by atoms with Gasteiger partial charge in [-0.1, -0.05) is 18.2 Å². The third-order valence-electron chi connectivity index (χ3n) is 3.45. The van der Waals surface area contributed by atoms with E-state index in [1.807, 2.05) is 0 Å². The Morgan fingerprint density at radius 3 is 2.56 bits per heavy atom. The van der Waals surface area contributed by atoms with Crippen molar-refractivity contribution in [3.8, 4) is 0 Å². The number of nitrogens with one attached hydrogen (secondary N) is 2. The lowest BCUT2D eigenvalue weighted by Crippen LogP contribution is -2.44. The molecule has 0 spiro atoms. The molecule has 0 unspecified atom stereocenters. The van der Waals surface area contributed by atoms with E-state index >= 15 is 0 Å². The fourth-order valence-corrected chi connectivity index (χ4v) is 2.17. The van der Waals surface area contributed by atoms with Crippen molar-refractivity contribution in [1.29, 1.82) is 0 Å². The van der Waals surface area contributed by atoms with E-state index in [0.29, 0.717) is 24.9 Å². The number of rotatable bonds is 10. The first kappa shape index (κ1) is 20.9. The first-order valence-corrected chi connectivity index (χ1v) is 7.83. The molecular formula is C16H22F3N3O3. The number of carbonyl (C=O) groups excluding carboxylic acids is 1. The van der Waals surface area contributed by atoms with Crippen LogP contribution >= 0.6 is 0 Å². The number of benzene rings is 1. The summed E-state index contributed by atoms with van der Waals surface area (Å²) in [7, 11) is 0. The van der Waals surface area contributed by atoms with Crippen molar-refractivity contribution < 1.29 is 27.9 Å². The maximum Gasteiger partial charge on any atom is 0.416 e. The van der Waals surface area contributed by atoms with Gasteiger partial charge in [0.25, 0.3) is 0 Å². The highest BCUT2D eigenvalue weighted by molar-refractivity contribution is 5.84. The summed E-state index contributed by atoms with van der Waals surface area (Å²) in [5.74, 6) is -1.67. The molecule has 0 fully saturated rings. The number of amides is 1. The van der Waals surface area contributed by atoms with Crippen LogP contribution in [-0.2, 0) is 22.3 Å². The van der Waals surface area contributed by atoms with E-state index in [9.17, 15) is 22.8 Å². The van der Waals surface area contributed by atoms with Crippen LogP contribution in [0.2, 0.25) is 0 Å². The molecule has 0 aliphatic heterocycles. The topological polar surface area (TPSA) is 104 Å². The molecule has 5 N–H and O–H groups in total. The Labute approximate surface area is 143 Å². The lowest BCUT2D eigenvalue weighted by atomic mass is 10.1. The molecule has 6 nitrogen and oxygen atoms in total. The van der Waals surface area contributed by atoms with Crippen molar-refractivity contribution in [2.75, 3.05) is 13.1 Å². The van der Waals surface area contributed by atoms with Crippen LogP contribution in [0.4, 0.5) is 13.2 Å². The Bertz CT molecular complexity index is 579. The number of hydrogen-bond acceptors (Lipinski definition) is 4. The second-order valence-electron chi connectivity index (χ2n) is 5.54. The number of alkyl halides is 3. The number of carbonyl (C=O) groups is 2. The minimum atomic E-state index is -4.42. The molecule has 1 aromatic rings. The van der Waals surface area contributed by atoms with Gasteiger partial charge in [-0.25, -0.2) is 4.79 Å². The Balaban J connectivity index is 2.44. The van der Waals surface area contributed by atoms with Gasteiger partial charge in [-0.3, -0.25) is 4.79 Å². The Morgan fingerprint density at radius 2 is 1.96 bits per heavy atom. The van der Waals surface area contributed by atoms with Crippen LogP contribution in [0.5, 0.6) is 0 Å². The molecule has 25 heavy (non-hydrogen) atoms. The predicted octanol–water partition coefficient (Wildman–Crippen LogP) is 1.49. The second kappa shape index (κ2) is 10.00. The van der Waals surface area contributed by atoms with Crippen molar-refractivity contribution in [2.45, 2.75) is 38.0 Å². The van der Waals surface area contributed by atoms with Crippen molar-refractivity contribution in [3.63, 3.8) is 0 Å². The van der Waals surface area contributed by atoms with Gasteiger partial charge in [0.05, 0.1) is 12.1 Å². The van der Waals surface area contributed by atoms with E-state index < -0.39 is 29.7 Å². The molecule has 0 saturated heterocycles. The number of carboxylic acids is 1. The minimum Gasteiger partial charge on any atom is -0.480 e. The standard InChI is InChI=1S/C16H22F3N3O3/c17-16(18,19)12-5-3-4-11(8-12)9-21-10-14(23)22-13(15(24)25)6-1-2-7-20/h3-5,8,13,21H,1-2,6-7,9-10,20H2,(H,22,23)(H,24,25)/t13-/m0/s1. The zero-order chi connectivity index (χ0) is 18.9. The number of carboxylic acid groups (broad SMARTS) is 1. The third-order valence-corrected chi connectivity index (χ3v) is 3.45. The highest BCUT2D eigenvalue weighted by atomic mass is 19.4. The Hall–Kier alpha value is -2.13. The average Bonchev–Trinajstić information content (AvgIpc) is 2.53. The monoisotopic (exact) mass is 361 g/mol. The molecule has 0 radical (unpaired) electrons. The first-order chi connectivity index (χ1) is 11.7. The molecule has 1 amide bonds. The van der Waals surface area contributed by atoms with Crippen molar-refractivity contribution in [1.82, 2.24) is 10.6 Å². The lowest BCUT2D eigenvalue weighted by molar-refractivity contribution is -0.142. The van der Waals surface area contributed by atoms with Gasteiger partial charge < -0.3 is 21.5 Å². The van der Waals surface area contributed by atoms with E-state index in [1.54, 1.807) is 0 Å². The van der Waals surface area contributed by atoms with E-state index in [-0.39, 0.29) is 19.5 Å². The van der Waals surface area contributed by atoms with E-state index in [4.69, 9.17) is 10.8 Å².